The quantitative estimate of drug-likeness (QED) is 0.680. The van der Waals surface area contributed by atoms with Crippen LogP contribution >= 0.6 is 0 Å². The average molecular weight is 394 g/mol. The Morgan fingerprint density at radius 3 is 2.69 bits per heavy atom. The van der Waals surface area contributed by atoms with Crippen LogP contribution in [0.1, 0.15) is 17.0 Å². The summed E-state index contributed by atoms with van der Waals surface area (Å²) in [6.07, 6.45) is 1.72. The van der Waals surface area contributed by atoms with Crippen LogP contribution in [0.25, 0.3) is 11.3 Å². The minimum absolute atomic E-state index is 0.0248. The molecule has 0 radical (unpaired) electrons. The Kier molecular flexibility index (Phi) is 5.00. The van der Waals surface area contributed by atoms with E-state index in [0.29, 0.717) is 25.6 Å². The van der Waals surface area contributed by atoms with Crippen molar-refractivity contribution in [2.45, 2.75) is 20.4 Å². The molecular weight excluding hydrogens is 371 g/mol. The third-order valence-electron chi connectivity index (χ3n) is 5.27. The van der Waals surface area contributed by atoms with Crippen LogP contribution in [-0.4, -0.2) is 50.2 Å². The highest BCUT2D eigenvalue weighted by atomic mass is 19.1. The van der Waals surface area contributed by atoms with Crippen molar-refractivity contribution in [3.05, 3.63) is 59.3 Å². The average Bonchev–Trinajstić information content (AvgIpc) is 2.95. The Morgan fingerprint density at radius 1 is 1.17 bits per heavy atom. The van der Waals surface area contributed by atoms with Crippen molar-refractivity contribution in [2.75, 3.05) is 24.5 Å². The molecule has 3 aromatic rings. The molecule has 1 aliphatic heterocycles. The fourth-order valence-electron chi connectivity index (χ4n) is 3.69. The Balaban J connectivity index is 1.50. The SMILES string of the molecule is Cc1nn(C)c(C)c1-c1ccnc(N2CCN(Cc3cccc(F)c3)C(=O)C2)n1. The summed E-state index contributed by atoms with van der Waals surface area (Å²) in [4.78, 5) is 25.4. The van der Waals surface area contributed by atoms with Crippen molar-refractivity contribution in [1.29, 1.82) is 0 Å². The molecule has 8 heteroatoms. The lowest BCUT2D eigenvalue weighted by molar-refractivity contribution is -0.131. The minimum Gasteiger partial charge on any atom is -0.335 e. The van der Waals surface area contributed by atoms with Crippen LogP contribution in [-0.2, 0) is 18.4 Å². The maximum Gasteiger partial charge on any atom is 0.242 e. The van der Waals surface area contributed by atoms with E-state index >= 15 is 0 Å². The predicted molar refractivity (Wildman–Crippen MR) is 108 cm³/mol. The highest BCUT2D eigenvalue weighted by Gasteiger charge is 2.26. The Labute approximate surface area is 168 Å². The molecule has 1 saturated heterocycles. The number of benzene rings is 1. The zero-order chi connectivity index (χ0) is 20.5. The number of anilines is 1. The van der Waals surface area contributed by atoms with Gasteiger partial charge >= 0.3 is 0 Å². The summed E-state index contributed by atoms with van der Waals surface area (Å²) >= 11 is 0. The lowest BCUT2D eigenvalue weighted by Crippen LogP contribution is -2.50. The number of carbonyl (C=O) groups excluding carboxylic acids is 1. The lowest BCUT2D eigenvalue weighted by atomic mass is 10.1. The van der Waals surface area contributed by atoms with Crippen LogP contribution in [0.3, 0.4) is 0 Å². The smallest absolute Gasteiger partial charge is 0.242 e. The van der Waals surface area contributed by atoms with Gasteiger partial charge in [-0.1, -0.05) is 12.1 Å². The summed E-state index contributed by atoms with van der Waals surface area (Å²) in [6, 6.07) is 8.22. The molecule has 0 saturated carbocycles. The number of amides is 1. The van der Waals surface area contributed by atoms with Gasteiger partial charge in [-0.15, -0.1) is 0 Å². The van der Waals surface area contributed by atoms with Gasteiger partial charge < -0.3 is 9.80 Å². The van der Waals surface area contributed by atoms with Crippen LogP contribution in [0.2, 0.25) is 0 Å². The highest BCUT2D eigenvalue weighted by Crippen LogP contribution is 2.26. The molecule has 0 atom stereocenters. The maximum atomic E-state index is 13.4. The van der Waals surface area contributed by atoms with Crippen LogP contribution in [0.15, 0.2) is 36.5 Å². The number of halogens is 1. The van der Waals surface area contributed by atoms with Gasteiger partial charge in [0.25, 0.3) is 0 Å². The molecule has 29 heavy (non-hydrogen) atoms. The van der Waals surface area contributed by atoms with E-state index < -0.39 is 0 Å². The highest BCUT2D eigenvalue weighted by molar-refractivity contribution is 5.82. The second kappa shape index (κ2) is 7.62. The summed E-state index contributed by atoms with van der Waals surface area (Å²) in [6.45, 7) is 5.72. The maximum absolute atomic E-state index is 13.4. The number of rotatable bonds is 4. The largest absolute Gasteiger partial charge is 0.335 e. The molecule has 0 spiro atoms. The third kappa shape index (κ3) is 3.83. The predicted octanol–water partition coefficient (Wildman–Crippen LogP) is 2.48. The molecule has 0 aliphatic carbocycles. The second-order valence-corrected chi connectivity index (χ2v) is 7.28. The van der Waals surface area contributed by atoms with Crippen LogP contribution in [0.4, 0.5) is 10.3 Å². The molecule has 2 aromatic heterocycles. The van der Waals surface area contributed by atoms with E-state index in [1.54, 1.807) is 17.2 Å². The van der Waals surface area contributed by atoms with Crippen molar-refractivity contribution in [1.82, 2.24) is 24.6 Å². The Hall–Kier alpha value is -3.29. The molecule has 1 aromatic carbocycles. The number of nitrogens with zero attached hydrogens (tertiary/aromatic N) is 6. The molecule has 7 nitrogen and oxygen atoms in total. The first kappa shape index (κ1) is 19.0. The fourth-order valence-corrected chi connectivity index (χ4v) is 3.69. The molecule has 0 bridgehead atoms. The van der Waals surface area contributed by atoms with E-state index in [0.717, 1.165) is 28.2 Å². The standard InChI is InChI=1S/C21H23FN6O/c1-14-20(15(2)26(3)25-14)18-7-8-23-21(24-18)28-10-9-27(19(29)13-28)12-16-5-4-6-17(22)11-16/h4-8,11H,9-10,12-13H2,1-3H3. The van der Waals surface area contributed by atoms with E-state index in [-0.39, 0.29) is 18.3 Å². The van der Waals surface area contributed by atoms with E-state index in [2.05, 4.69) is 10.1 Å². The first-order chi connectivity index (χ1) is 13.9. The molecule has 1 fully saturated rings. The van der Waals surface area contributed by atoms with Gasteiger partial charge in [-0.25, -0.2) is 14.4 Å². The number of hydrogen-bond donors (Lipinski definition) is 0. The number of aryl methyl sites for hydroxylation is 2. The summed E-state index contributed by atoms with van der Waals surface area (Å²) < 4.78 is 15.2. The van der Waals surface area contributed by atoms with Crippen LogP contribution in [0, 0.1) is 19.7 Å². The molecule has 1 amide bonds. The van der Waals surface area contributed by atoms with Gasteiger partial charge in [0.1, 0.15) is 12.4 Å². The fraction of sp³-hybridized carbons (Fsp3) is 0.333. The summed E-state index contributed by atoms with van der Waals surface area (Å²) in [5.41, 5.74) is 4.52. The number of piperazine rings is 1. The third-order valence-corrected chi connectivity index (χ3v) is 5.27. The number of aromatic nitrogens is 4. The van der Waals surface area contributed by atoms with Gasteiger partial charge in [-0.2, -0.15) is 5.10 Å². The van der Waals surface area contributed by atoms with Crippen LogP contribution in [0.5, 0.6) is 0 Å². The molecule has 150 valence electrons. The number of hydrogen-bond acceptors (Lipinski definition) is 5. The van der Waals surface area contributed by atoms with Gasteiger partial charge in [-0.05, 0) is 37.6 Å². The normalized spacial score (nSPS) is 14.6. The van der Waals surface area contributed by atoms with Gasteiger partial charge in [0, 0.05) is 44.1 Å². The van der Waals surface area contributed by atoms with Crippen molar-refractivity contribution < 1.29 is 9.18 Å². The summed E-state index contributed by atoms with van der Waals surface area (Å²) in [5.74, 6) is 0.215. The zero-order valence-electron chi connectivity index (χ0n) is 16.8. The van der Waals surface area contributed by atoms with E-state index in [9.17, 15) is 9.18 Å². The molecule has 3 heterocycles. The van der Waals surface area contributed by atoms with Crippen molar-refractivity contribution >= 4 is 11.9 Å². The first-order valence-corrected chi connectivity index (χ1v) is 9.53. The first-order valence-electron chi connectivity index (χ1n) is 9.53. The van der Waals surface area contributed by atoms with E-state index in [1.165, 1.54) is 12.1 Å². The monoisotopic (exact) mass is 394 g/mol. The minimum atomic E-state index is -0.292. The van der Waals surface area contributed by atoms with Gasteiger partial charge in [-0.3, -0.25) is 9.48 Å². The Bertz CT molecular complexity index is 1060. The van der Waals surface area contributed by atoms with Crippen LogP contribution < -0.4 is 4.90 Å². The van der Waals surface area contributed by atoms with Crippen molar-refractivity contribution in [3.8, 4) is 11.3 Å². The molecule has 0 unspecified atom stereocenters. The lowest BCUT2D eigenvalue weighted by Gasteiger charge is -2.34. The van der Waals surface area contributed by atoms with E-state index in [4.69, 9.17) is 4.98 Å². The van der Waals surface area contributed by atoms with Gasteiger partial charge in [0.15, 0.2) is 0 Å². The molecular formula is C21H23FN6O. The second-order valence-electron chi connectivity index (χ2n) is 7.28. The summed E-state index contributed by atoms with van der Waals surface area (Å²) in [5, 5.41) is 4.45. The zero-order valence-corrected chi connectivity index (χ0v) is 16.8. The molecule has 1 aliphatic rings. The van der Waals surface area contributed by atoms with E-state index in [1.807, 2.05) is 42.6 Å². The summed E-state index contributed by atoms with van der Waals surface area (Å²) in [7, 11) is 1.91. The molecule has 4 rings (SSSR count). The number of carbonyl (C=O) groups is 1. The van der Waals surface area contributed by atoms with Gasteiger partial charge in [0.05, 0.1) is 11.4 Å². The van der Waals surface area contributed by atoms with Gasteiger partial charge in [0.2, 0.25) is 11.9 Å². The van der Waals surface area contributed by atoms with Crippen molar-refractivity contribution in [3.63, 3.8) is 0 Å². The van der Waals surface area contributed by atoms with Crippen molar-refractivity contribution in [2.24, 2.45) is 7.05 Å². The molecule has 0 N–H and O–H groups in total. The topological polar surface area (TPSA) is 67.2 Å². The Morgan fingerprint density at radius 2 is 2.00 bits per heavy atom.